The van der Waals surface area contributed by atoms with E-state index in [1.165, 1.54) is 17.5 Å². The van der Waals surface area contributed by atoms with Crippen molar-refractivity contribution in [3.8, 4) is 0 Å². The Kier molecular flexibility index (Phi) is 6.12. The first kappa shape index (κ1) is 22.2. The third-order valence-corrected chi connectivity index (χ3v) is 12.4. The van der Waals surface area contributed by atoms with E-state index in [1.807, 2.05) is 0 Å². The molecule has 0 aliphatic carbocycles. The maximum atomic E-state index is 12.7. The fourth-order valence-electron chi connectivity index (χ4n) is 5.93. The number of nitrogens with zero attached hydrogens (tertiary/aromatic N) is 1. The van der Waals surface area contributed by atoms with Crippen LogP contribution in [0, 0.1) is 0 Å². The SMILES string of the molecule is COC(=O)[C@]12CCCN1[C@H](CO[Si](c1ccccc1)(c1ccccc1)C(C)(C)C)CC2. The average Bonchev–Trinajstić information content (AvgIpc) is 3.35. The minimum atomic E-state index is -2.56. The van der Waals surface area contributed by atoms with Crippen LogP contribution in [0.1, 0.15) is 46.5 Å². The third kappa shape index (κ3) is 3.67. The Morgan fingerprint density at radius 3 is 2.13 bits per heavy atom. The number of benzene rings is 2. The molecule has 0 spiro atoms. The van der Waals surface area contributed by atoms with Crippen molar-refractivity contribution in [2.75, 3.05) is 20.3 Å². The number of fused-ring (bicyclic) bond motifs is 1. The van der Waals surface area contributed by atoms with Crippen LogP contribution >= 0.6 is 0 Å². The smallest absolute Gasteiger partial charge is 0.326 e. The number of esters is 1. The highest BCUT2D eigenvalue weighted by molar-refractivity contribution is 6.99. The summed E-state index contributed by atoms with van der Waals surface area (Å²) in [6.45, 7) is 8.52. The van der Waals surface area contributed by atoms with Gasteiger partial charge in [-0.05, 0) is 47.6 Å². The zero-order valence-electron chi connectivity index (χ0n) is 19.3. The number of hydrogen-bond donors (Lipinski definition) is 0. The van der Waals surface area contributed by atoms with Gasteiger partial charge in [-0.2, -0.15) is 0 Å². The van der Waals surface area contributed by atoms with Crippen LogP contribution < -0.4 is 10.4 Å². The van der Waals surface area contributed by atoms with Crippen LogP contribution in [-0.4, -0.2) is 51.0 Å². The van der Waals surface area contributed by atoms with Crippen molar-refractivity contribution in [3.63, 3.8) is 0 Å². The van der Waals surface area contributed by atoms with Crippen LogP contribution in [0.5, 0.6) is 0 Å². The Hall–Kier alpha value is -1.95. The van der Waals surface area contributed by atoms with E-state index in [9.17, 15) is 4.79 Å². The molecule has 31 heavy (non-hydrogen) atoms. The first-order valence-corrected chi connectivity index (χ1v) is 13.4. The van der Waals surface area contributed by atoms with Gasteiger partial charge < -0.3 is 9.16 Å². The second-order valence-electron chi connectivity index (χ2n) is 9.99. The van der Waals surface area contributed by atoms with E-state index in [0.717, 1.165) is 32.2 Å². The third-order valence-electron chi connectivity index (χ3n) is 7.35. The Bertz CT molecular complexity index is 856. The summed E-state index contributed by atoms with van der Waals surface area (Å²) in [7, 11) is -1.05. The van der Waals surface area contributed by atoms with Crippen molar-refractivity contribution < 1.29 is 14.0 Å². The lowest BCUT2D eigenvalue weighted by Crippen LogP contribution is -2.67. The zero-order valence-corrected chi connectivity index (χ0v) is 20.3. The maximum Gasteiger partial charge on any atom is 0.326 e. The van der Waals surface area contributed by atoms with Gasteiger partial charge in [0, 0.05) is 6.04 Å². The predicted octanol–water partition coefficient (Wildman–Crippen LogP) is 3.73. The highest BCUT2D eigenvalue weighted by Crippen LogP contribution is 2.44. The van der Waals surface area contributed by atoms with Crippen LogP contribution in [0.2, 0.25) is 5.04 Å². The van der Waals surface area contributed by atoms with E-state index in [4.69, 9.17) is 9.16 Å². The molecule has 166 valence electrons. The molecule has 0 unspecified atom stereocenters. The van der Waals surface area contributed by atoms with E-state index < -0.39 is 13.9 Å². The van der Waals surface area contributed by atoms with Gasteiger partial charge in [0.25, 0.3) is 8.32 Å². The summed E-state index contributed by atoms with van der Waals surface area (Å²) in [5, 5.41) is 2.55. The second-order valence-corrected chi connectivity index (χ2v) is 14.3. The van der Waals surface area contributed by atoms with Crippen LogP contribution in [0.3, 0.4) is 0 Å². The zero-order chi connectivity index (χ0) is 22.1. The van der Waals surface area contributed by atoms with Crippen molar-refractivity contribution in [2.24, 2.45) is 0 Å². The van der Waals surface area contributed by atoms with Gasteiger partial charge in [-0.25, -0.2) is 0 Å². The molecule has 2 fully saturated rings. The molecule has 2 aliphatic heterocycles. The van der Waals surface area contributed by atoms with Crippen LogP contribution in [-0.2, 0) is 14.0 Å². The number of hydrogen-bond acceptors (Lipinski definition) is 4. The van der Waals surface area contributed by atoms with Gasteiger partial charge in [0.15, 0.2) is 0 Å². The number of rotatable bonds is 6. The minimum Gasteiger partial charge on any atom is -0.468 e. The fourth-order valence-corrected chi connectivity index (χ4v) is 10.5. The molecule has 2 aromatic rings. The van der Waals surface area contributed by atoms with Crippen LogP contribution in [0.15, 0.2) is 60.7 Å². The summed E-state index contributed by atoms with van der Waals surface area (Å²) in [6.07, 6.45) is 3.79. The molecule has 2 aromatic carbocycles. The Balaban J connectivity index is 1.69. The summed E-state index contributed by atoms with van der Waals surface area (Å²) < 4.78 is 12.4. The largest absolute Gasteiger partial charge is 0.468 e. The Labute approximate surface area is 187 Å². The van der Waals surface area contributed by atoms with E-state index >= 15 is 0 Å². The van der Waals surface area contributed by atoms with Crippen molar-refractivity contribution in [1.29, 1.82) is 0 Å². The maximum absolute atomic E-state index is 12.7. The molecule has 2 aliphatic rings. The first-order valence-electron chi connectivity index (χ1n) is 11.5. The van der Waals surface area contributed by atoms with Crippen LogP contribution in [0.25, 0.3) is 0 Å². The quantitative estimate of drug-likeness (QED) is 0.510. The van der Waals surface area contributed by atoms with Crippen LogP contribution in [0.4, 0.5) is 0 Å². The van der Waals surface area contributed by atoms with Gasteiger partial charge in [-0.3, -0.25) is 9.69 Å². The first-order chi connectivity index (χ1) is 14.8. The molecular formula is C26H35NO3Si. The molecule has 2 heterocycles. The van der Waals surface area contributed by atoms with Gasteiger partial charge in [0.2, 0.25) is 0 Å². The number of carbonyl (C=O) groups excluding carboxylic acids is 1. The Morgan fingerprint density at radius 1 is 1.03 bits per heavy atom. The molecule has 5 heteroatoms. The van der Waals surface area contributed by atoms with Gasteiger partial charge in [-0.1, -0.05) is 81.4 Å². The van der Waals surface area contributed by atoms with Crippen molar-refractivity contribution in [3.05, 3.63) is 60.7 Å². The molecule has 0 saturated carbocycles. The van der Waals surface area contributed by atoms with Gasteiger partial charge >= 0.3 is 5.97 Å². The predicted molar refractivity (Wildman–Crippen MR) is 127 cm³/mol. The lowest BCUT2D eigenvalue weighted by Gasteiger charge is -2.44. The van der Waals surface area contributed by atoms with Gasteiger partial charge in [0.05, 0.1) is 13.7 Å². The van der Waals surface area contributed by atoms with Crippen molar-refractivity contribution in [2.45, 2.75) is 63.1 Å². The molecule has 2 saturated heterocycles. The highest BCUT2D eigenvalue weighted by atomic mass is 28.4. The standard InChI is InChI=1S/C26H35NO3Si/c1-25(2,3)31(22-12-7-5-8-13-22,23-14-9-6-10-15-23)30-20-21-16-18-26(24(28)29-4)17-11-19-27(21)26/h5-10,12-15,21H,11,16-20H2,1-4H3/t21-,26+/m0/s1. The topological polar surface area (TPSA) is 38.8 Å². The molecule has 4 nitrogen and oxygen atoms in total. The highest BCUT2D eigenvalue weighted by Gasteiger charge is 2.56. The van der Waals surface area contributed by atoms with Gasteiger partial charge in [-0.15, -0.1) is 0 Å². The average molecular weight is 438 g/mol. The normalized spacial score (nSPS) is 24.2. The van der Waals surface area contributed by atoms with Crippen molar-refractivity contribution in [1.82, 2.24) is 4.90 Å². The summed E-state index contributed by atoms with van der Waals surface area (Å²) in [5.74, 6) is -0.0713. The summed E-state index contributed by atoms with van der Waals surface area (Å²) in [5.41, 5.74) is -0.436. The summed E-state index contributed by atoms with van der Waals surface area (Å²) in [4.78, 5) is 15.1. The van der Waals surface area contributed by atoms with E-state index in [1.54, 1.807) is 0 Å². The molecule has 0 bridgehead atoms. The monoisotopic (exact) mass is 437 g/mol. The molecule has 0 N–H and O–H groups in total. The van der Waals surface area contributed by atoms with E-state index in [-0.39, 0.29) is 17.0 Å². The summed E-state index contributed by atoms with van der Waals surface area (Å²) in [6, 6.07) is 21.8. The molecule has 0 radical (unpaired) electrons. The fraction of sp³-hybridized carbons (Fsp3) is 0.500. The lowest BCUT2D eigenvalue weighted by atomic mass is 9.94. The molecular weight excluding hydrogens is 402 g/mol. The number of carbonyl (C=O) groups is 1. The number of ether oxygens (including phenoxy) is 1. The molecule has 0 aromatic heterocycles. The lowest BCUT2D eigenvalue weighted by molar-refractivity contribution is -0.152. The Morgan fingerprint density at radius 2 is 1.61 bits per heavy atom. The molecule has 0 amide bonds. The second kappa shape index (κ2) is 8.53. The minimum absolute atomic E-state index is 0.0429. The summed E-state index contributed by atoms with van der Waals surface area (Å²) >= 11 is 0. The van der Waals surface area contributed by atoms with E-state index in [2.05, 4.69) is 86.3 Å². The van der Waals surface area contributed by atoms with E-state index in [0.29, 0.717) is 6.61 Å². The molecule has 2 atom stereocenters. The molecule has 4 rings (SSSR count). The van der Waals surface area contributed by atoms with Gasteiger partial charge in [0.1, 0.15) is 5.54 Å². The number of methoxy groups -OCH3 is 1. The van der Waals surface area contributed by atoms with Crippen molar-refractivity contribution >= 4 is 24.7 Å².